The minimum absolute atomic E-state index is 0.122. The third-order valence-corrected chi connectivity index (χ3v) is 4.52. The first-order valence-corrected chi connectivity index (χ1v) is 9.18. The normalized spacial score (nSPS) is 12.7. The lowest BCUT2D eigenvalue weighted by atomic mass is 10.1. The van der Waals surface area contributed by atoms with Gasteiger partial charge in [0.25, 0.3) is 0 Å². The summed E-state index contributed by atoms with van der Waals surface area (Å²) < 4.78 is 16.6. The highest BCUT2D eigenvalue weighted by molar-refractivity contribution is 5.81. The van der Waals surface area contributed by atoms with Gasteiger partial charge in [0.2, 0.25) is 6.79 Å². The van der Waals surface area contributed by atoms with E-state index in [0.717, 1.165) is 45.3 Å². The van der Waals surface area contributed by atoms with Gasteiger partial charge in [0, 0.05) is 17.3 Å². The predicted octanol–water partition coefficient (Wildman–Crippen LogP) is 4.81. The van der Waals surface area contributed by atoms with Crippen molar-refractivity contribution in [3.63, 3.8) is 0 Å². The molecule has 0 atom stereocenters. The van der Waals surface area contributed by atoms with Crippen LogP contribution in [-0.2, 0) is 0 Å². The van der Waals surface area contributed by atoms with Crippen LogP contribution in [0.3, 0.4) is 0 Å². The number of fused-ring (bicyclic) bond motifs is 2. The second-order valence-corrected chi connectivity index (χ2v) is 6.94. The van der Waals surface area contributed by atoms with E-state index in [-0.39, 0.29) is 12.9 Å². The Labute approximate surface area is 162 Å². The highest BCUT2D eigenvalue weighted by Crippen LogP contribution is 2.36. The number of imidazole rings is 1. The molecule has 6 nitrogen and oxygen atoms in total. The van der Waals surface area contributed by atoms with Gasteiger partial charge in [0.1, 0.15) is 11.6 Å². The summed E-state index contributed by atoms with van der Waals surface area (Å²) in [5, 5.41) is 0. The third kappa shape index (κ3) is 3.03. The molecule has 4 aromatic rings. The SMILES string of the molecule is CC(C)Oc1cccc(-c2nc3ncc(-c4ccc5c(c4)OCO5)cc3[nH]2)c1. The Balaban J connectivity index is 1.50. The van der Waals surface area contributed by atoms with Crippen LogP contribution in [0.1, 0.15) is 13.8 Å². The van der Waals surface area contributed by atoms with Crippen LogP contribution in [0.5, 0.6) is 17.2 Å². The average molecular weight is 373 g/mol. The Morgan fingerprint density at radius 1 is 0.964 bits per heavy atom. The van der Waals surface area contributed by atoms with Gasteiger partial charge in [0.05, 0.1) is 11.6 Å². The molecule has 1 aliphatic rings. The van der Waals surface area contributed by atoms with Gasteiger partial charge in [-0.05, 0) is 49.7 Å². The first-order chi connectivity index (χ1) is 13.7. The number of hydrogen-bond acceptors (Lipinski definition) is 5. The lowest BCUT2D eigenvalue weighted by Gasteiger charge is -2.10. The maximum Gasteiger partial charge on any atom is 0.231 e. The number of rotatable bonds is 4. The van der Waals surface area contributed by atoms with Crippen molar-refractivity contribution in [3.05, 3.63) is 54.7 Å². The van der Waals surface area contributed by atoms with Gasteiger partial charge < -0.3 is 19.2 Å². The Bertz CT molecular complexity index is 1170. The highest BCUT2D eigenvalue weighted by Gasteiger charge is 2.15. The van der Waals surface area contributed by atoms with Crippen molar-refractivity contribution in [1.82, 2.24) is 15.0 Å². The summed E-state index contributed by atoms with van der Waals surface area (Å²) in [7, 11) is 0. The quantitative estimate of drug-likeness (QED) is 0.556. The van der Waals surface area contributed by atoms with E-state index in [0.29, 0.717) is 5.65 Å². The van der Waals surface area contributed by atoms with Crippen molar-refractivity contribution < 1.29 is 14.2 Å². The van der Waals surface area contributed by atoms with E-state index >= 15 is 0 Å². The molecule has 0 aliphatic carbocycles. The van der Waals surface area contributed by atoms with Gasteiger partial charge in [-0.15, -0.1) is 0 Å². The number of benzene rings is 2. The van der Waals surface area contributed by atoms with Crippen molar-refractivity contribution in [2.24, 2.45) is 0 Å². The number of hydrogen-bond donors (Lipinski definition) is 1. The summed E-state index contributed by atoms with van der Waals surface area (Å²) in [5.74, 6) is 3.11. The molecule has 1 aliphatic heterocycles. The zero-order valence-electron chi connectivity index (χ0n) is 15.6. The Morgan fingerprint density at radius 2 is 1.86 bits per heavy atom. The second kappa shape index (κ2) is 6.56. The van der Waals surface area contributed by atoms with Crippen molar-refractivity contribution in [1.29, 1.82) is 0 Å². The van der Waals surface area contributed by atoms with Gasteiger partial charge in [-0.1, -0.05) is 18.2 Å². The standard InChI is InChI=1S/C22H19N3O3/c1-13(2)28-17-5-3-4-15(8-17)21-24-18-9-16(11-23-22(18)25-21)14-6-7-19-20(10-14)27-12-26-19/h3-11,13H,12H2,1-2H3,(H,23,24,25). The van der Waals surface area contributed by atoms with E-state index in [4.69, 9.17) is 14.2 Å². The molecule has 2 aromatic heterocycles. The molecule has 2 aromatic carbocycles. The van der Waals surface area contributed by atoms with Gasteiger partial charge in [-0.2, -0.15) is 0 Å². The molecule has 0 unspecified atom stereocenters. The third-order valence-electron chi connectivity index (χ3n) is 4.52. The van der Waals surface area contributed by atoms with Gasteiger partial charge in [0.15, 0.2) is 17.1 Å². The molecule has 0 saturated carbocycles. The zero-order chi connectivity index (χ0) is 19.1. The number of nitrogens with zero attached hydrogens (tertiary/aromatic N) is 2. The van der Waals surface area contributed by atoms with Crippen molar-refractivity contribution in [2.75, 3.05) is 6.79 Å². The van der Waals surface area contributed by atoms with Crippen molar-refractivity contribution in [2.45, 2.75) is 20.0 Å². The van der Waals surface area contributed by atoms with E-state index in [1.807, 2.05) is 68.6 Å². The maximum atomic E-state index is 5.78. The lowest BCUT2D eigenvalue weighted by Crippen LogP contribution is -2.05. The molecular weight excluding hydrogens is 354 g/mol. The van der Waals surface area contributed by atoms with Crippen LogP contribution in [0.15, 0.2) is 54.7 Å². The molecule has 3 heterocycles. The summed E-state index contributed by atoms with van der Waals surface area (Å²) in [6.45, 7) is 4.28. The monoisotopic (exact) mass is 373 g/mol. The average Bonchev–Trinajstić information content (AvgIpc) is 3.33. The molecule has 0 spiro atoms. The minimum Gasteiger partial charge on any atom is -0.491 e. The summed E-state index contributed by atoms with van der Waals surface area (Å²) >= 11 is 0. The summed E-state index contributed by atoms with van der Waals surface area (Å²) in [4.78, 5) is 12.5. The number of aromatic amines is 1. The van der Waals surface area contributed by atoms with E-state index < -0.39 is 0 Å². The number of pyridine rings is 1. The lowest BCUT2D eigenvalue weighted by molar-refractivity contribution is 0.174. The van der Waals surface area contributed by atoms with Crippen LogP contribution in [0.4, 0.5) is 0 Å². The van der Waals surface area contributed by atoms with E-state index in [1.165, 1.54) is 0 Å². The molecule has 1 N–H and O–H groups in total. The van der Waals surface area contributed by atoms with Crippen molar-refractivity contribution in [3.8, 4) is 39.8 Å². The van der Waals surface area contributed by atoms with Crippen LogP contribution in [0.25, 0.3) is 33.7 Å². The number of aromatic nitrogens is 3. The minimum atomic E-state index is 0.122. The highest BCUT2D eigenvalue weighted by atomic mass is 16.7. The molecule has 28 heavy (non-hydrogen) atoms. The van der Waals surface area contributed by atoms with Crippen LogP contribution < -0.4 is 14.2 Å². The van der Waals surface area contributed by atoms with Gasteiger partial charge >= 0.3 is 0 Å². The van der Waals surface area contributed by atoms with Crippen LogP contribution >= 0.6 is 0 Å². The summed E-state index contributed by atoms with van der Waals surface area (Å²) in [6.07, 6.45) is 1.94. The second-order valence-electron chi connectivity index (χ2n) is 6.94. The smallest absolute Gasteiger partial charge is 0.231 e. The molecule has 0 saturated heterocycles. The Hall–Kier alpha value is -3.54. The number of H-pyrrole nitrogens is 1. The fourth-order valence-electron chi connectivity index (χ4n) is 3.26. The number of ether oxygens (including phenoxy) is 3. The van der Waals surface area contributed by atoms with Gasteiger partial charge in [-0.25, -0.2) is 9.97 Å². The molecule has 0 radical (unpaired) electrons. The molecule has 5 rings (SSSR count). The first-order valence-electron chi connectivity index (χ1n) is 9.18. The fraction of sp³-hybridized carbons (Fsp3) is 0.182. The fourth-order valence-corrected chi connectivity index (χ4v) is 3.26. The number of nitrogens with one attached hydrogen (secondary N) is 1. The molecular formula is C22H19N3O3. The van der Waals surface area contributed by atoms with Crippen LogP contribution in [0, 0.1) is 0 Å². The predicted molar refractivity (Wildman–Crippen MR) is 107 cm³/mol. The topological polar surface area (TPSA) is 69.3 Å². The van der Waals surface area contributed by atoms with Crippen LogP contribution in [0.2, 0.25) is 0 Å². The van der Waals surface area contributed by atoms with Gasteiger partial charge in [-0.3, -0.25) is 0 Å². The zero-order valence-corrected chi connectivity index (χ0v) is 15.6. The summed E-state index contributed by atoms with van der Waals surface area (Å²) in [6, 6.07) is 15.8. The molecule has 0 fully saturated rings. The maximum absolute atomic E-state index is 5.78. The van der Waals surface area contributed by atoms with E-state index in [9.17, 15) is 0 Å². The molecule has 6 heteroatoms. The van der Waals surface area contributed by atoms with E-state index in [2.05, 4.69) is 15.0 Å². The van der Waals surface area contributed by atoms with E-state index in [1.54, 1.807) is 0 Å². The molecule has 140 valence electrons. The summed E-state index contributed by atoms with van der Waals surface area (Å²) in [5.41, 5.74) is 4.51. The van der Waals surface area contributed by atoms with Crippen molar-refractivity contribution >= 4 is 11.2 Å². The molecule has 0 amide bonds. The first kappa shape index (κ1) is 16.6. The Morgan fingerprint density at radius 3 is 2.75 bits per heavy atom. The molecule has 0 bridgehead atoms. The Kier molecular flexibility index (Phi) is 3.90. The van der Waals surface area contributed by atoms with Crippen LogP contribution in [-0.4, -0.2) is 27.8 Å². The largest absolute Gasteiger partial charge is 0.491 e.